The van der Waals surface area contributed by atoms with Crippen LogP contribution in [0.15, 0.2) is 4.99 Å². The Morgan fingerprint density at radius 3 is 2.29 bits per heavy atom. The van der Waals surface area contributed by atoms with E-state index in [2.05, 4.69) is 20.1 Å². The number of nitrogens with zero attached hydrogens (tertiary/aromatic N) is 4. The molecular formula is C17H30F3N5O2S. The molecule has 3 fully saturated rings. The standard InChI is InChI=1S/C17H30F3N5O2S/c1-21-16(24-9-6-15(13-24)23-7-2-3-8-23)22-12-14-4-10-25(11-5-14)28(26,27)17(18,19)20/h14-15H,2-13H2,1H3,(H,21,22). The highest BCUT2D eigenvalue weighted by atomic mass is 32.2. The second-order valence-electron chi connectivity index (χ2n) is 7.85. The highest BCUT2D eigenvalue weighted by Crippen LogP contribution is 2.30. The van der Waals surface area contributed by atoms with Gasteiger partial charge in [-0.05, 0) is 51.1 Å². The second-order valence-corrected chi connectivity index (χ2v) is 9.78. The molecular weight excluding hydrogens is 395 g/mol. The fourth-order valence-corrected chi connectivity index (χ4v) is 5.39. The summed E-state index contributed by atoms with van der Waals surface area (Å²) >= 11 is 0. The number of hydrogen-bond acceptors (Lipinski definition) is 4. The summed E-state index contributed by atoms with van der Waals surface area (Å²) in [6.45, 7) is 4.65. The van der Waals surface area contributed by atoms with Crippen molar-refractivity contribution in [2.75, 3.05) is 52.9 Å². The first-order valence-electron chi connectivity index (χ1n) is 9.98. The van der Waals surface area contributed by atoms with Crippen molar-refractivity contribution in [1.82, 2.24) is 19.4 Å². The Hall–Kier alpha value is -1.07. The quantitative estimate of drug-likeness (QED) is 0.543. The molecule has 3 saturated heterocycles. The van der Waals surface area contributed by atoms with Crippen molar-refractivity contribution in [3.63, 3.8) is 0 Å². The van der Waals surface area contributed by atoms with E-state index in [1.165, 1.54) is 25.9 Å². The van der Waals surface area contributed by atoms with E-state index in [1.807, 2.05) is 0 Å². The fourth-order valence-electron chi connectivity index (χ4n) is 4.41. The Labute approximate surface area is 165 Å². The molecule has 0 aromatic heterocycles. The van der Waals surface area contributed by atoms with Crippen LogP contribution >= 0.6 is 0 Å². The lowest BCUT2D eigenvalue weighted by molar-refractivity contribution is -0.0496. The molecule has 3 aliphatic rings. The molecule has 7 nitrogen and oxygen atoms in total. The molecule has 3 rings (SSSR count). The maximum absolute atomic E-state index is 12.7. The second kappa shape index (κ2) is 8.74. The van der Waals surface area contributed by atoms with Crippen molar-refractivity contribution in [1.29, 1.82) is 0 Å². The first-order chi connectivity index (χ1) is 13.2. The van der Waals surface area contributed by atoms with Gasteiger partial charge in [-0.25, -0.2) is 8.42 Å². The normalized spacial score (nSPS) is 26.9. The molecule has 1 atom stereocenters. The van der Waals surface area contributed by atoms with Crippen LogP contribution in [0.5, 0.6) is 0 Å². The van der Waals surface area contributed by atoms with Gasteiger partial charge < -0.3 is 10.2 Å². The summed E-state index contributed by atoms with van der Waals surface area (Å²) in [6, 6.07) is 0.567. The Kier molecular flexibility index (Phi) is 6.76. The number of hydrogen-bond donors (Lipinski definition) is 1. The van der Waals surface area contributed by atoms with Crippen LogP contribution in [0.25, 0.3) is 0 Å². The van der Waals surface area contributed by atoms with E-state index in [0.717, 1.165) is 25.5 Å². The number of nitrogens with one attached hydrogen (secondary N) is 1. The average molecular weight is 426 g/mol. The number of guanidine groups is 1. The SMILES string of the molecule is CN=C(NCC1CCN(S(=O)(=O)C(F)(F)F)CC1)N1CCC(N2CCCC2)C1. The molecule has 0 saturated carbocycles. The highest BCUT2D eigenvalue weighted by molar-refractivity contribution is 7.90. The first kappa shape index (κ1) is 21.6. The van der Waals surface area contributed by atoms with Gasteiger partial charge in [0.05, 0.1) is 0 Å². The first-order valence-corrected chi connectivity index (χ1v) is 11.4. The number of rotatable bonds is 4. The third kappa shape index (κ3) is 4.73. The molecule has 0 radical (unpaired) electrons. The Balaban J connectivity index is 1.44. The lowest BCUT2D eigenvalue weighted by Crippen LogP contribution is -2.48. The number of likely N-dealkylation sites (tertiary alicyclic amines) is 2. The number of piperidine rings is 1. The minimum absolute atomic E-state index is 0.0897. The van der Waals surface area contributed by atoms with Crippen molar-refractivity contribution in [3.8, 4) is 0 Å². The third-order valence-corrected chi connectivity index (χ3v) is 7.72. The molecule has 0 aliphatic carbocycles. The fraction of sp³-hybridized carbons (Fsp3) is 0.941. The molecule has 28 heavy (non-hydrogen) atoms. The molecule has 162 valence electrons. The van der Waals surface area contributed by atoms with Gasteiger partial charge in [-0.3, -0.25) is 9.89 Å². The van der Waals surface area contributed by atoms with Crippen molar-refractivity contribution in [2.24, 2.45) is 10.9 Å². The van der Waals surface area contributed by atoms with Crippen LogP contribution in [-0.2, 0) is 10.0 Å². The van der Waals surface area contributed by atoms with Crippen molar-refractivity contribution in [2.45, 2.75) is 43.7 Å². The molecule has 0 amide bonds. The Morgan fingerprint density at radius 2 is 1.71 bits per heavy atom. The van der Waals surface area contributed by atoms with E-state index in [-0.39, 0.29) is 19.0 Å². The van der Waals surface area contributed by atoms with Gasteiger partial charge in [0, 0.05) is 45.8 Å². The zero-order valence-electron chi connectivity index (χ0n) is 16.3. The molecule has 0 aromatic carbocycles. The molecule has 1 unspecified atom stereocenters. The summed E-state index contributed by atoms with van der Waals surface area (Å²) in [5, 5.41) is 3.34. The van der Waals surface area contributed by atoms with E-state index >= 15 is 0 Å². The van der Waals surface area contributed by atoms with Gasteiger partial charge in [0.25, 0.3) is 0 Å². The average Bonchev–Trinajstić information content (AvgIpc) is 3.33. The molecule has 0 bridgehead atoms. The summed E-state index contributed by atoms with van der Waals surface area (Å²) < 4.78 is 61.5. The third-order valence-electron chi connectivity index (χ3n) is 6.09. The smallest absolute Gasteiger partial charge is 0.356 e. The largest absolute Gasteiger partial charge is 0.511 e. The van der Waals surface area contributed by atoms with Gasteiger partial charge in [0.2, 0.25) is 0 Å². The van der Waals surface area contributed by atoms with Crippen LogP contribution < -0.4 is 5.32 Å². The van der Waals surface area contributed by atoms with Crippen molar-refractivity contribution >= 4 is 16.0 Å². The van der Waals surface area contributed by atoms with E-state index in [0.29, 0.717) is 29.7 Å². The van der Waals surface area contributed by atoms with Crippen LogP contribution in [0.4, 0.5) is 13.2 Å². The van der Waals surface area contributed by atoms with Crippen LogP contribution in [0.3, 0.4) is 0 Å². The van der Waals surface area contributed by atoms with Gasteiger partial charge in [0.15, 0.2) is 5.96 Å². The maximum Gasteiger partial charge on any atom is 0.511 e. The Bertz CT molecular complexity index is 656. The van der Waals surface area contributed by atoms with Gasteiger partial charge in [-0.15, -0.1) is 0 Å². The van der Waals surface area contributed by atoms with E-state index in [9.17, 15) is 21.6 Å². The molecule has 3 heterocycles. The van der Waals surface area contributed by atoms with E-state index < -0.39 is 15.5 Å². The number of sulfonamides is 1. The van der Waals surface area contributed by atoms with Crippen LogP contribution in [0.1, 0.15) is 32.1 Å². The summed E-state index contributed by atoms with van der Waals surface area (Å²) in [6.07, 6.45) is 4.48. The molecule has 11 heteroatoms. The van der Waals surface area contributed by atoms with Gasteiger partial charge >= 0.3 is 15.5 Å². The minimum atomic E-state index is -5.22. The summed E-state index contributed by atoms with van der Waals surface area (Å²) in [7, 11) is -3.47. The van der Waals surface area contributed by atoms with E-state index in [1.54, 1.807) is 7.05 Å². The predicted octanol–water partition coefficient (Wildman–Crippen LogP) is 1.29. The zero-order valence-corrected chi connectivity index (χ0v) is 17.1. The Morgan fingerprint density at radius 1 is 1.07 bits per heavy atom. The molecule has 1 N–H and O–H groups in total. The summed E-state index contributed by atoms with van der Waals surface area (Å²) in [4.78, 5) is 9.15. The van der Waals surface area contributed by atoms with E-state index in [4.69, 9.17) is 0 Å². The van der Waals surface area contributed by atoms with Crippen LogP contribution in [-0.4, -0.2) is 92.9 Å². The van der Waals surface area contributed by atoms with Gasteiger partial charge in [-0.2, -0.15) is 17.5 Å². The number of aliphatic imine (C=N–C) groups is 1. The van der Waals surface area contributed by atoms with Gasteiger partial charge in [0.1, 0.15) is 0 Å². The lowest BCUT2D eigenvalue weighted by Gasteiger charge is -2.32. The van der Waals surface area contributed by atoms with Gasteiger partial charge in [-0.1, -0.05) is 0 Å². The van der Waals surface area contributed by atoms with Crippen molar-refractivity contribution in [3.05, 3.63) is 0 Å². The highest BCUT2D eigenvalue weighted by Gasteiger charge is 2.50. The molecule has 0 spiro atoms. The predicted molar refractivity (Wildman–Crippen MR) is 101 cm³/mol. The minimum Gasteiger partial charge on any atom is -0.356 e. The van der Waals surface area contributed by atoms with Crippen molar-refractivity contribution < 1.29 is 21.6 Å². The topological polar surface area (TPSA) is 68.2 Å². The number of alkyl halides is 3. The summed E-state index contributed by atoms with van der Waals surface area (Å²) in [5.74, 6) is 0.959. The summed E-state index contributed by atoms with van der Waals surface area (Å²) in [5.41, 5.74) is -5.22. The van der Waals surface area contributed by atoms with Crippen LogP contribution in [0, 0.1) is 5.92 Å². The molecule has 3 aliphatic heterocycles. The monoisotopic (exact) mass is 425 g/mol. The maximum atomic E-state index is 12.7. The lowest BCUT2D eigenvalue weighted by atomic mass is 9.98. The van der Waals surface area contributed by atoms with Crippen LogP contribution in [0.2, 0.25) is 0 Å². The molecule has 0 aromatic rings. The zero-order chi connectivity index (χ0) is 20.4. The number of halogens is 3.